The zero-order chi connectivity index (χ0) is 17.6. The third kappa shape index (κ3) is 3.87. The summed E-state index contributed by atoms with van der Waals surface area (Å²) in [6.45, 7) is -0.213. The van der Waals surface area contributed by atoms with Crippen LogP contribution in [0.25, 0.3) is 0 Å². The van der Waals surface area contributed by atoms with Crippen molar-refractivity contribution in [1.82, 2.24) is 15.1 Å². The van der Waals surface area contributed by atoms with Crippen molar-refractivity contribution in [2.75, 3.05) is 11.5 Å². The van der Waals surface area contributed by atoms with Gasteiger partial charge in [0.15, 0.2) is 0 Å². The first-order valence-electron chi connectivity index (χ1n) is 7.99. The van der Waals surface area contributed by atoms with Gasteiger partial charge in [0.1, 0.15) is 0 Å². The number of hydrogen-bond donors (Lipinski definition) is 2. The van der Waals surface area contributed by atoms with E-state index in [1.54, 1.807) is 29.0 Å². The number of aliphatic hydroxyl groups is 1. The number of hydrogen-bond acceptors (Lipinski definition) is 3. The number of carbonyl (C=O) groups is 1. The van der Waals surface area contributed by atoms with Crippen molar-refractivity contribution >= 4 is 17.4 Å². The van der Waals surface area contributed by atoms with Crippen LogP contribution in [0.1, 0.15) is 11.6 Å². The summed E-state index contributed by atoms with van der Waals surface area (Å²) in [5.41, 5.74) is 2.24. The summed E-state index contributed by atoms with van der Waals surface area (Å²) < 4.78 is 1.64. The number of anilines is 2. The molecule has 1 aromatic heterocycles. The molecule has 2 aromatic carbocycles. The van der Waals surface area contributed by atoms with E-state index in [4.69, 9.17) is 0 Å². The average Bonchev–Trinajstić information content (AvgIpc) is 3.08. The van der Waals surface area contributed by atoms with E-state index in [0.29, 0.717) is 0 Å². The number of nitrogens with zero attached hydrogens (tertiary/aromatic N) is 3. The Morgan fingerprint density at radius 3 is 2.12 bits per heavy atom. The van der Waals surface area contributed by atoms with Crippen molar-refractivity contribution < 1.29 is 9.90 Å². The van der Waals surface area contributed by atoms with E-state index in [2.05, 4.69) is 10.4 Å². The fourth-order valence-corrected chi connectivity index (χ4v) is 2.61. The first-order valence-corrected chi connectivity index (χ1v) is 7.99. The lowest BCUT2D eigenvalue weighted by Gasteiger charge is -2.26. The largest absolute Gasteiger partial charge is 0.394 e. The Morgan fingerprint density at radius 1 is 1.12 bits per heavy atom. The van der Waals surface area contributed by atoms with Crippen molar-refractivity contribution in [3.8, 4) is 0 Å². The van der Waals surface area contributed by atoms with Gasteiger partial charge in [-0.2, -0.15) is 5.10 Å². The Hall–Kier alpha value is -3.12. The van der Waals surface area contributed by atoms with Gasteiger partial charge in [0.05, 0.1) is 30.2 Å². The van der Waals surface area contributed by atoms with Gasteiger partial charge in [-0.15, -0.1) is 0 Å². The number of aromatic nitrogens is 2. The molecule has 2 N–H and O–H groups in total. The minimum atomic E-state index is -0.531. The molecule has 3 rings (SSSR count). The molecule has 128 valence electrons. The Kier molecular flexibility index (Phi) is 5.11. The molecule has 0 saturated carbocycles. The molecule has 0 fully saturated rings. The number of aliphatic hydroxyl groups excluding tert-OH is 1. The molecule has 6 nitrogen and oxygen atoms in total. The molecule has 0 aliphatic rings. The van der Waals surface area contributed by atoms with E-state index in [1.807, 2.05) is 60.7 Å². The van der Waals surface area contributed by atoms with Gasteiger partial charge in [-0.1, -0.05) is 36.4 Å². The number of aryl methyl sites for hydroxylation is 1. The molecule has 25 heavy (non-hydrogen) atoms. The van der Waals surface area contributed by atoms with E-state index < -0.39 is 6.04 Å². The number of amides is 2. The number of carbonyl (C=O) groups excluding carboxylic acids is 1. The molecule has 0 bridgehead atoms. The normalized spacial score (nSPS) is 11.8. The van der Waals surface area contributed by atoms with Crippen molar-refractivity contribution in [1.29, 1.82) is 0 Å². The smallest absolute Gasteiger partial charge is 0.327 e. The van der Waals surface area contributed by atoms with Gasteiger partial charge < -0.3 is 10.4 Å². The highest BCUT2D eigenvalue weighted by Crippen LogP contribution is 2.25. The standard InChI is InChI=1S/C19H20N4O2/c1-22-13-15(12-20-22)18(14-24)21-19(25)23(16-8-4-2-5-9-16)17-10-6-3-7-11-17/h2-13,18,24H,14H2,1H3,(H,21,25). The number of para-hydroxylation sites is 2. The van der Waals surface area contributed by atoms with Gasteiger partial charge in [0.25, 0.3) is 0 Å². The fraction of sp³-hybridized carbons (Fsp3) is 0.158. The van der Waals surface area contributed by atoms with Gasteiger partial charge in [-0.05, 0) is 24.3 Å². The molecule has 6 heteroatoms. The van der Waals surface area contributed by atoms with Crippen molar-refractivity contribution in [3.05, 3.63) is 78.6 Å². The molecule has 3 aromatic rings. The van der Waals surface area contributed by atoms with Gasteiger partial charge >= 0.3 is 6.03 Å². The van der Waals surface area contributed by atoms with Crippen LogP contribution in [-0.2, 0) is 7.05 Å². The monoisotopic (exact) mass is 336 g/mol. The number of rotatable bonds is 5. The summed E-state index contributed by atoms with van der Waals surface area (Å²) in [7, 11) is 1.79. The quantitative estimate of drug-likeness (QED) is 0.752. The van der Waals surface area contributed by atoms with Crippen molar-refractivity contribution in [3.63, 3.8) is 0 Å². The molecule has 1 heterocycles. The molecule has 0 saturated heterocycles. The highest BCUT2D eigenvalue weighted by molar-refractivity contribution is 5.99. The van der Waals surface area contributed by atoms with Crippen molar-refractivity contribution in [2.24, 2.45) is 7.05 Å². The molecule has 1 unspecified atom stereocenters. The van der Waals surface area contributed by atoms with Gasteiger partial charge in [-0.25, -0.2) is 4.79 Å². The summed E-state index contributed by atoms with van der Waals surface area (Å²) in [6.07, 6.45) is 3.41. The van der Waals surface area contributed by atoms with Crippen LogP contribution in [-0.4, -0.2) is 27.5 Å². The molecular formula is C19H20N4O2. The lowest BCUT2D eigenvalue weighted by molar-refractivity contribution is 0.223. The highest BCUT2D eigenvalue weighted by atomic mass is 16.3. The van der Waals surface area contributed by atoms with Gasteiger partial charge in [0, 0.05) is 18.8 Å². The predicted octanol–water partition coefficient (Wildman–Crippen LogP) is 3.00. The average molecular weight is 336 g/mol. The van der Waals surface area contributed by atoms with Crippen molar-refractivity contribution in [2.45, 2.75) is 6.04 Å². The van der Waals surface area contributed by atoms with E-state index in [9.17, 15) is 9.90 Å². The first-order chi connectivity index (χ1) is 12.2. The zero-order valence-electron chi connectivity index (χ0n) is 13.9. The summed E-state index contributed by atoms with van der Waals surface area (Å²) in [5.74, 6) is 0. The SMILES string of the molecule is Cn1cc(C(CO)NC(=O)N(c2ccccc2)c2ccccc2)cn1. The minimum absolute atomic E-state index is 0.213. The fourth-order valence-electron chi connectivity index (χ4n) is 2.61. The lowest BCUT2D eigenvalue weighted by Crippen LogP contribution is -2.40. The maximum atomic E-state index is 13.0. The first kappa shape index (κ1) is 16.7. The third-order valence-corrected chi connectivity index (χ3v) is 3.84. The second-order valence-electron chi connectivity index (χ2n) is 5.64. The van der Waals surface area contributed by atoms with Crippen LogP contribution in [0.15, 0.2) is 73.1 Å². The van der Waals surface area contributed by atoms with Crippen LogP contribution in [0.5, 0.6) is 0 Å². The number of nitrogens with one attached hydrogen (secondary N) is 1. The summed E-state index contributed by atoms with van der Waals surface area (Å²) >= 11 is 0. The molecule has 0 aliphatic heterocycles. The van der Waals surface area contributed by atoms with Crippen LogP contribution in [0.2, 0.25) is 0 Å². The highest BCUT2D eigenvalue weighted by Gasteiger charge is 2.22. The predicted molar refractivity (Wildman–Crippen MR) is 96.6 cm³/mol. The number of benzene rings is 2. The van der Waals surface area contributed by atoms with E-state index in [1.165, 1.54) is 0 Å². The lowest BCUT2D eigenvalue weighted by atomic mass is 10.2. The van der Waals surface area contributed by atoms with Crippen LogP contribution < -0.4 is 10.2 Å². The van der Waals surface area contributed by atoms with E-state index in [0.717, 1.165) is 16.9 Å². The summed E-state index contributed by atoms with van der Waals surface area (Å²) in [6, 6.07) is 17.9. The molecular weight excluding hydrogens is 316 g/mol. The van der Waals surface area contributed by atoms with Crippen LogP contribution in [0.4, 0.5) is 16.2 Å². The third-order valence-electron chi connectivity index (χ3n) is 3.84. The van der Waals surface area contributed by atoms with Gasteiger partial charge in [-0.3, -0.25) is 9.58 Å². The molecule has 1 atom stereocenters. The van der Waals surface area contributed by atoms with Gasteiger partial charge in [0.2, 0.25) is 0 Å². The molecule has 2 amide bonds. The summed E-state index contributed by atoms with van der Waals surface area (Å²) in [5, 5.41) is 16.7. The topological polar surface area (TPSA) is 70.4 Å². The second kappa shape index (κ2) is 7.63. The molecule has 0 spiro atoms. The minimum Gasteiger partial charge on any atom is -0.394 e. The summed E-state index contributed by atoms with van der Waals surface area (Å²) in [4.78, 5) is 14.6. The maximum absolute atomic E-state index is 13.0. The second-order valence-corrected chi connectivity index (χ2v) is 5.64. The maximum Gasteiger partial charge on any atom is 0.327 e. The van der Waals surface area contributed by atoms with E-state index in [-0.39, 0.29) is 12.6 Å². The molecule has 0 aliphatic carbocycles. The Labute approximate surface area is 146 Å². The van der Waals surface area contributed by atoms with Crippen LogP contribution in [0, 0.1) is 0 Å². The van der Waals surface area contributed by atoms with E-state index >= 15 is 0 Å². The molecule has 0 radical (unpaired) electrons. The Bertz CT molecular complexity index is 778. The Balaban J connectivity index is 1.89. The number of urea groups is 1. The Morgan fingerprint density at radius 2 is 1.68 bits per heavy atom. The van der Waals surface area contributed by atoms with Crippen LogP contribution in [0.3, 0.4) is 0 Å². The zero-order valence-corrected chi connectivity index (χ0v) is 13.9. The van der Waals surface area contributed by atoms with Crippen LogP contribution >= 0.6 is 0 Å².